The lowest BCUT2D eigenvalue weighted by atomic mass is 11.8. The van der Waals surface area contributed by atoms with Gasteiger partial charge in [0.1, 0.15) is 0 Å². The summed E-state index contributed by atoms with van der Waals surface area (Å²) in [4.78, 5) is 0. The average Bonchev–Trinajstić information content (AvgIpc) is 1.48. The van der Waals surface area contributed by atoms with Gasteiger partial charge in [-0.3, -0.25) is 8.37 Å². The smallest absolute Gasteiger partial charge is 0.252 e. The zero-order valence-electron chi connectivity index (χ0n) is 8.12. The van der Waals surface area contributed by atoms with E-state index >= 15 is 0 Å². The van der Waals surface area contributed by atoms with Gasteiger partial charge in [-0.25, -0.2) is 0 Å². The van der Waals surface area contributed by atoms with E-state index in [1.165, 1.54) is 0 Å². The molecule has 0 aromatic rings. The van der Waals surface area contributed by atoms with Crippen molar-refractivity contribution in [2.24, 2.45) is 0 Å². The van der Waals surface area contributed by atoms with Gasteiger partial charge >= 0.3 is 10.4 Å². The highest BCUT2D eigenvalue weighted by molar-refractivity contribution is 7.81. The van der Waals surface area contributed by atoms with Gasteiger partial charge in [0.05, 0.1) is 21.0 Å². The molecule has 5 heteroatoms. The summed E-state index contributed by atoms with van der Waals surface area (Å²) in [6, 6.07) is 0. The van der Waals surface area contributed by atoms with Crippen molar-refractivity contribution in [1.29, 1.82) is 0 Å². The molecule has 0 radical (unpaired) electrons. The fraction of sp³-hybridized carbons (Fsp3) is 1.00. The Hall–Kier alpha value is -0.130. The molecule has 0 unspecified atom stereocenters. The molecule has 0 aliphatic heterocycles. The van der Waals surface area contributed by atoms with Crippen LogP contribution in [0, 0.1) is 0 Å². The second-order valence-electron chi connectivity index (χ2n) is 0.588. The van der Waals surface area contributed by atoms with Crippen LogP contribution in [0.4, 0.5) is 0 Å². The second-order valence-corrected chi connectivity index (χ2v) is 1.76. The number of rotatable bonds is 2. The third-order valence-electron chi connectivity index (χ3n) is 0.220. The zero-order chi connectivity index (χ0) is 9.99. The van der Waals surface area contributed by atoms with Crippen LogP contribution in [0.5, 0.6) is 0 Å². The van der Waals surface area contributed by atoms with Crippen LogP contribution in [0.3, 0.4) is 0 Å². The van der Waals surface area contributed by atoms with Crippen LogP contribution in [-0.4, -0.2) is 22.5 Å². The van der Waals surface area contributed by atoms with Crippen LogP contribution in [0.1, 0.15) is 6.85 Å². The molecule has 7 heavy (non-hydrogen) atoms. The predicted molar refractivity (Wildman–Crippen MR) is 22.9 cm³/mol. The fourth-order valence-corrected chi connectivity index (χ4v) is 0.0589. The first kappa shape index (κ1) is 2.00. The van der Waals surface area contributed by atoms with E-state index in [1.807, 2.05) is 0 Å². The number of hydrogen-bond donors (Lipinski definition) is 0. The van der Waals surface area contributed by atoms with Gasteiger partial charge < -0.3 is 0 Å². The highest BCUT2D eigenvalue weighted by Gasteiger charge is 2.01. The standard InChI is InChI=1S/C2H6O4S/c1-5-7(3,4)6-2/h1-2H3/i1D2,2D3. The predicted octanol–water partition coefficient (Wildman–Crippen LogP) is -0.476. The van der Waals surface area contributed by atoms with E-state index in [0.29, 0.717) is 0 Å². The molecule has 0 aliphatic rings. The lowest BCUT2D eigenvalue weighted by Crippen LogP contribution is -2.02. The van der Waals surface area contributed by atoms with E-state index in [1.54, 1.807) is 0 Å². The quantitative estimate of drug-likeness (QED) is 0.508. The van der Waals surface area contributed by atoms with Gasteiger partial charge in [-0.2, -0.15) is 8.42 Å². The average molecular weight is 131 g/mol. The highest BCUT2D eigenvalue weighted by Crippen LogP contribution is 1.85. The Labute approximate surface area is 49.4 Å². The molecule has 4 nitrogen and oxygen atoms in total. The largest absolute Gasteiger partial charge is 0.399 e. The summed E-state index contributed by atoms with van der Waals surface area (Å²) in [5.74, 6) is 0. The van der Waals surface area contributed by atoms with Crippen molar-refractivity contribution in [2.75, 3.05) is 14.1 Å². The number of hydrogen-bond acceptors (Lipinski definition) is 4. The topological polar surface area (TPSA) is 52.6 Å². The molecule has 0 saturated carbocycles. The summed E-state index contributed by atoms with van der Waals surface area (Å²) in [7, 11) is -10.1. The van der Waals surface area contributed by atoms with Gasteiger partial charge in [-0.15, -0.1) is 0 Å². The van der Waals surface area contributed by atoms with Crippen LogP contribution in [0.25, 0.3) is 0 Å². The van der Waals surface area contributed by atoms with Crippen molar-refractivity contribution in [3.63, 3.8) is 0 Å². The van der Waals surface area contributed by atoms with Gasteiger partial charge in [0.25, 0.3) is 0 Å². The first-order chi connectivity index (χ1) is 5.12. The maximum absolute atomic E-state index is 10.4. The monoisotopic (exact) mass is 131 g/mol. The van der Waals surface area contributed by atoms with Crippen molar-refractivity contribution >= 4 is 10.4 Å². The Morgan fingerprint density at radius 2 is 2.29 bits per heavy atom. The van der Waals surface area contributed by atoms with Crippen LogP contribution in [0.2, 0.25) is 0 Å². The van der Waals surface area contributed by atoms with Gasteiger partial charge in [-0.05, 0) is 0 Å². The lowest BCUT2D eigenvalue weighted by molar-refractivity contribution is 0.286. The van der Waals surface area contributed by atoms with Crippen LogP contribution in [-0.2, 0) is 18.8 Å². The van der Waals surface area contributed by atoms with E-state index in [9.17, 15) is 8.42 Å². The van der Waals surface area contributed by atoms with Gasteiger partial charge in [0.2, 0.25) is 0 Å². The summed E-state index contributed by atoms with van der Waals surface area (Å²) >= 11 is 0. The minimum Gasteiger partial charge on any atom is -0.252 e. The minimum atomic E-state index is -4.78. The lowest BCUT2D eigenvalue weighted by Gasteiger charge is -1.91. The SMILES string of the molecule is [2H]C([2H])OS(=O)(=O)OC([2H])([2H])[2H]. The molecule has 0 aromatic heterocycles. The molecule has 0 saturated heterocycles. The molecule has 0 fully saturated rings. The molecule has 44 valence electrons. The molecule has 0 heterocycles. The summed E-state index contributed by atoms with van der Waals surface area (Å²) in [5.41, 5.74) is 0. The van der Waals surface area contributed by atoms with Crippen LogP contribution in [0.15, 0.2) is 0 Å². The highest BCUT2D eigenvalue weighted by atomic mass is 32.3. The van der Waals surface area contributed by atoms with Crippen molar-refractivity contribution in [1.82, 2.24) is 0 Å². The fourth-order valence-electron chi connectivity index (χ4n) is 0.0196. The van der Waals surface area contributed by atoms with Crippen molar-refractivity contribution in [3.8, 4) is 0 Å². The van der Waals surface area contributed by atoms with Crippen molar-refractivity contribution in [3.05, 3.63) is 0 Å². The Balaban J connectivity index is 4.26. The van der Waals surface area contributed by atoms with Crippen molar-refractivity contribution in [2.45, 2.75) is 0 Å². The summed E-state index contributed by atoms with van der Waals surface area (Å²) in [5, 5.41) is 0. The molecular formula is C2H6O4S. The van der Waals surface area contributed by atoms with Gasteiger partial charge in [0, 0.05) is 0 Å². The molecule has 0 amide bonds. The van der Waals surface area contributed by atoms with E-state index in [0.717, 1.165) is 0 Å². The van der Waals surface area contributed by atoms with Crippen molar-refractivity contribution < 1.29 is 23.6 Å². The van der Waals surface area contributed by atoms with Gasteiger partial charge in [-0.1, -0.05) is 0 Å². The van der Waals surface area contributed by atoms with Crippen LogP contribution >= 0.6 is 0 Å². The Bertz CT molecular complexity index is 228. The molecule has 0 spiro atoms. The zero-order valence-corrected chi connectivity index (χ0v) is 3.94. The summed E-state index contributed by atoms with van der Waals surface area (Å²) in [6.45, 7) is 0. The molecule has 0 rings (SSSR count). The normalized spacial score (nSPS) is 24.4. The maximum Gasteiger partial charge on any atom is 0.399 e. The molecule has 0 bridgehead atoms. The molecule has 0 atom stereocenters. The van der Waals surface area contributed by atoms with E-state index in [2.05, 4.69) is 8.37 Å². The maximum atomic E-state index is 10.4. The van der Waals surface area contributed by atoms with E-state index < -0.39 is 24.5 Å². The summed E-state index contributed by atoms with van der Waals surface area (Å²) < 4.78 is 59.6. The molecular weight excluding hydrogens is 120 g/mol. The van der Waals surface area contributed by atoms with E-state index in [4.69, 9.17) is 6.85 Å². The first-order valence-electron chi connectivity index (χ1n) is 3.76. The Morgan fingerprint density at radius 3 is 2.71 bits per heavy atom. The third kappa shape index (κ3) is 2.55. The third-order valence-corrected chi connectivity index (χ3v) is 0.660. The second kappa shape index (κ2) is 2.25. The molecule has 0 aliphatic carbocycles. The summed E-state index contributed by atoms with van der Waals surface area (Å²) in [6.07, 6.45) is 0. The Kier molecular flexibility index (Phi) is 0.643. The molecule has 0 aromatic carbocycles. The Morgan fingerprint density at radius 1 is 1.57 bits per heavy atom. The molecule has 0 N–H and O–H groups in total. The van der Waals surface area contributed by atoms with E-state index in [-0.39, 0.29) is 0 Å². The van der Waals surface area contributed by atoms with Gasteiger partial charge in [0.15, 0.2) is 0 Å². The minimum absolute atomic E-state index is 2.14. The van der Waals surface area contributed by atoms with Crippen LogP contribution < -0.4 is 0 Å². The first-order valence-corrected chi connectivity index (χ1v) is 2.44.